The summed E-state index contributed by atoms with van der Waals surface area (Å²) in [5.41, 5.74) is 9.42. The summed E-state index contributed by atoms with van der Waals surface area (Å²) in [5.74, 6) is 0. The molecule has 4 heteroatoms. The first-order valence-corrected chi connectivity index (χ1v) is 5.49. The average Bonchev–Trinajstić information content (AvgIpc) is 2.12. The van der Waals surface area contributed by atoms with Crippen molar-refractivity contribution >= 4 is 22.9 Å². The molecule has 0 aliphatic heterocycles. The van der Waals surface area contributed by atoms with Crippen molar-refractivity contribution in [1.82, 2.24) is 4.98 Å². The van der Waals surface area contributed by atoms with Crippen LogP contribution in [0.5, 0.6) is 0 Å². The van der Waals surface area contributed by atoms with Crippen LogP contribution in [0, 0.1) is 13.8 Å². The van der Waals surface area contributed by atoms with Gasteiger partial charge in [-0.3, -0.25) is 4.98 Å². The van der Waals surface area contributed by atoms with E-state index in [-0.39, 0.29) is 0 Å². The number of hydrogen-bond acceptors (Lipinski definition) is 3. The number of nitrogens with one attached hydrogen (secondary N) is 1. The van der Waals surface area contributed by atoms with E-state index in [2.05, 4.69) is 17.2 Å². The molecule has 1 aromatic heterocycles. The van der Waals surface area contributed by atoms with Crippen LogP contribution in [0.25, 0.3) is 0 Å². The fourth-order valence-corrected chi connectivity index (χ4v) is 1.80. The molecule has 0 spiro atoms. The summed E-state index contributed by atoms with van der Waals surface area (Å²) in [6.45, 7) is 6.93. The lowest BCUT2D eigenvalue weighted by Crippen LogP contribution is -2.16. The maximum Gasteiger partial charge on any atom is 0.107 e. The molecule has 0 aromatic carbocycles. The summed E-state index contributed by atoms with van der Waals surface area (Å²) in [7, 11) is 0. The Kier molecular flexibility index (Phi) is 4.03. The number of pyridine rings is 1. The Bertz CT molecular complexity index is 374. The fraction of sp³-hybridized carbons (Fsp3) is 0.455. The highest BCUT2D eigenvalue weighted by molar-refractivity contribution is 7.80. The Labute approximate surface area is 96.1 Å². The molecule has 1 heterocycles. The van der Waals surface area contributed by atoms with Crippen LogP contribution in [0.4, 0.5) is 5.69 Å². The maximum atomic E-state index is 5.69. The van der Waals surface area contributed by atoms with Crippen LogP contribution in [0.15, 0.2) is 6.07 Å². The van der Waals surface area contributed by atoms with E-state index < -0.39 is 0 Å². The number of nitrogens with two attached hydrogens (primary N) is 1. The highest BCUT2D eigenvalue weighted by Crippen LogP contribution is 2.19. The molecular formula is C11H17N3S. The summed E-state index contributed by atoms with van der Waals surface area (Å²) in [6, 6.07) is 1.98. The second kappa shape index (κ2) is 5.07. The minimum Gasteiger partial charge on any atom is -0.389 e. The molecule has 0 atom stereocenters. The number of aryl methyl sites for hydroxylation is 2. The van der Waals surface area contributed by atoms with Crippen molar-refractivity contribution in [1.29, 1.82) is 0 Å². The topological polar surface area (TPSA) is 50.9 Å². The SMILES string of the molecule is CCCNc1cc(C)nc(C)c1C(N)=S. The predicted molar refractivity (Wildman–Crippen MR) is 68.4 cm³/mol. The lowest BCUT2D eigenvalue weighted by Gasteiger charge is -2.13. The van der Waals surface area contributed by atoms with Gasteiger partial charge in [0, 0.05) is 23.6 Å². The molecule has 0 fully saturated rings. The third-order valence-electron chi connectivity index (χ3n) is 2.14. The van der Waals surface area contributed by atoms with Gasteiger partial charge in [-0.25, -0.2) is 0 Å². The Hall–Kier alpha value is -1.16. The molecule has 3 N–H and O–H groups in total. The van der Waals surface area contributed by atoms with Crippen molar-refractivity contribution in [3.63, 3.8) is 0 Å². The third-order valence-corrected chi connectivity index (χ3v) is 2.34. The zero-order valence-corrected chi connectivity index (χ0v) is 10.2. The highest BCUT2D eigenvalue weighted by atomic mass is 32.1. The summed E-state index contributed by atoms with van der Waals surface area (Å²) in [6.07, 6.45) is 1.07. The van der Waals surface area contributed by atoms with Crippen LogP contribution in [-0.4, -0.2) is 16.5 Å². The maximum absolute atomic E-state index is 5.69. The molecule has 0 aliphatic rings. The van der Waals surface area contributed by atoms with E-state index >= 15 is 0 Å². The number of hydrogen-bond donors (Lipinski definition) is 2. The monoisotopic (exact) mass is 223 g/mol. The number of rotatable bonds is 4. The normalized spacial score (nSPS) is 10.1. The van der Waals surface area contributed by atoms with Gasteiger partial charge in [0.2, 0.25) is 0 Å². The van der Waals surface area contributed by atoms with Crippen LogP contribution in [-0.2, 0) is 0 Å². The molecule has 0 amide bonds. The zero-order chi connectivity index (χ0) is 11.4. The van der Waals surface area contributed by atoms with E-state index in [4.69, 9.17) is 18.0 Å². The molecule has 82 valence electrons. The van der Waals surface area contributed by atoms with E-state index in [0.29, 0.717) is 4.99 Å². The molecule has 0 saturated carbocycles. The van der Waals surface area contributed by atoms with Gasteiger partial charge in [-0.05, 0) is 26.3 Å². The van der Waals surface area contributed by atoms with Crippen molar-refractivity contribution in [3.8, 4) is 0 Å². The van der Waals surface area contributed by atoms with E-state index in [1.807, 2.05) is 19.9 Å². The summed E-state index contributed by atoms with van der Waals surface area (Å²) < 4.78 is 0. The first-order chi connectivity index (χ1) is 7.06. The Balaban J connectivity index is 3.14. The lowest BCUT2D eigenvalue weighted by atomic mass is 10.1. The first-order valence-electron chi connectivity index (χ1n) is 5.08. The van der Waals surface area contributed by atoms with E-state index in [0.717, 1.165) is 35.6 Å². The van der Waals surface area contributed by atoms with Crippen molar-refractivity contribution < 1.29 is 0 Å². The van der Waals surface area contributed by atoms with Crippen molar-refractivity contribution in [2.24, 2.45) is 5.73 Å². The van der Waals surface area contributed by atoms with E-state index in [9.17, 15) is 0 Å². The standard InChI is InChI=1S/C11H17N3S/c1-4-5-13-9-6-7(2)14-8(3)10(9)11(12)15/h6H,4-5H2,1-3H3,(H2,12,15)(H,13,14). The summed E-state index contributed by atoms with van der Waals surface area (Å²) >= 11 is 5.03. The quantitative estimate of drug-likeness (QED) is 0.768. The molecule has 0 bridgehead atoms. The van der Waals surface area contributed by atoms with Gasteiger partial charge < -0.3 is 11.1 Å². The van der Waals surface area contributed by atoms with Gasteiger partial charge in [-0.15, -0.1) is 0 Å². The number of thiocarbonyl (C=S) groups is 1. The summed E-state index contributed by atoms with van der Waals surface area (Å²) in [5, 5.41) is 3.32. The van der Waals surface area contributed by atoms with Gasteiger partial charge in [-0.1, -0.05) is 19.1 Å². The number of nitrogens with zero attached hydrogens (tertiary/aromatic N) is 1. The molecule has 0 saturated heterocycles. The molecule has 3 nitrogen and oxygen atoms in total. The van der Waals surface area contributed by atoms with Gasteiger partial charge >= 0.3 is 0 Å². The van der Waals surface area contributed by atoms with Crippen molar-refractivity contribution in [2.45, 2.75) is 27.2 Å². The molecule has 15 heavy (non-hydrogen) atoms. The van der Waals surface area contributed by atoms with Crippen LogP contribution in [0.1, 0.15) is 30.3 Å². The first kappa shape index (κ1) is 11.9. The second-order valence-corrected chi connectivity index (χ2v) is 4.00. The Morgan fingerprint density at radius 2 is 2.20 bits per heavy atom. The molecular weight excluding hydrogens is 206 g/mol. The average molecular weight is 223 g/mol. The molecule has 0 aliphatic carbocycles. The molecule has 0 radical (unpaired) electrons. The highest BCUT2D eigenvalue weighted by Gasteiger charge is 2.10. The van der Waals surface area contributed by atoms with Gasteiger partial charge in [0.25, 0.3) is 0 Å². The number of aromatic nitrogens is 1. The smallest absolute Gasteiger partial charge is 0.107 e. The van der Waals surface area contributed by atoms with Gasteiger partial charge in [0.05, 0.1) is 5.56 Å². The number of anilines is 1. The molecule has 1 rings (SSSR count). The van der Waals surface area contributed by atoms with Crippen molar-refractivity contribution in [3.05, 3.63) is 23.0 Å². The van der Waals surface area contributed by atoms with E-state index in [1.54, 1.807) is 0 Å². The molecule has 1 aromatic rings. The van der Waals surface area contributed by atoms with Gasteiger partial charge in [-0.2, -0.15) is 0 Å². The largest absolute Gasteiger partial charge is 0.389 e. The minimum absolute atomic E-state index is 0.401. The third kappa shape index (κ3) is 2.89. The van der Waals surface area contributed by atoms with Crippen molar-refractivity contribution in [2.75, 3.05) is 11.9 Å². The Morgan fingerprint density at radius 1 is 1.53 bits per heavy atom. The lowest BCUT2D eigenvalue weighted by molar-refractivity contribution is 0.974. The van der Waals surface area contributed by atoms with Gasteiger partial charge in [0.1, 0.15) is 4.99 Å². The van der Waals surface area contributed by atoms with Crippen LogP contribution >= 0.6 is 12.2 Å². The fourth-order valence-electron chi connectivity index (χ4n) is 1.54. The van der Waals surface area contributed by atoms with Gasteiger partial charge in [0.15, 0.2) is 0 Å². The van der Waals surface area contributed by atoms with Crippen LogP contribution < -0.4 is 11.1 Å². The Morgan fingerprint density at radius 3 is 2.73 bits per heavy atom. The second-order valence-electron chi connectivity index (χ2n) is 3.56. The zero-order valence-electron chi connectivity index (χ0n) is 9.42. The van der Waals surface area contributed by atoms with Crippen LogP contribution in [0.3, 0.4) is 0 Å². The predicted octanol–water partition coefficient (Wildman–Crippen LogP) is 2.15. The minimum atomic E-state index is 0.401. The summed E-state index contributed by atoms with van der Waals surface area (Å²) in [4.78, 5) is 4.76. The van der Waals surface area contributed by atoms with E-state index in [1.165, 1.54) is 0 Å². The molecule has 0 unspecified atom stereocenters. The van der Waals surface area contributed by atoms with Crippen LogP contribution in [0.2, 0.25) is 0 Å².